The highest BCUT2D eigenvalue weighted by Gasteiger charge is 2.21. The molecule has 2 aromatic carbocycles. The first-order valence-corrected chi connectivity index (χ1v) is 10.9. The van der Waals surface area contributed by atoms with Crippen LogP contribution in [0.5, 0.6) is 5.75 Å². The van der Waals surface area contributed by atoms with Gasteiger partial charge in [-0.2, -0.15) is 0 Å². The van der Waals surface area contributed by atoms with Crippen molar-refractivity contribution in [3.05, 3.63) is 82.0 Å². The van der Waals surface area contributed by atoms with Crippen LogP contribution in [0.25, 0.3) is 16.5 Å². The van der Waals surface area contributed by atoms with Gasteiger partial charge < -0.3 is 15.4 Å². The number of halogens is 1. The number of nitrogens with zero attached hydrogens (tertiary/aromatic N) is 3. The summed E-state index contributed by atoms with van der Waals surface area (Å²) in [5, 5.41) is 8.41. The van der Waals surface area contributed by atoms with E-state index in [4.69, 9.17) is 16.3 Å². The van der Waals surface area contributed by atoms with Crippen LogP contribution < -0.4 is 20.9 Å². The highest BCUT2D eigenvalue weighted by Crippen LogP contribution is 2.34. The molecule has 0 unspecified atom stereocenters. The van der Waals surface area contributed by atoms with Crippen molar-refractivity contribution in [2.45, 2.75) is 19.4 Å². The van der Waals surface area contributed by atoms with Gasteiger partial charge in [0.2, 0.25) is 5.75 Å². The van der Waals surface area contributed by atoms with Gasteiger partial charge in [-0.3, -0.25) is 9.36 Å². The fourth-order valence-corrected chi connectivity index (χ4v) is 4.24. The lowest BCUT2D eigenvalue weighted by atomic mass is 10.1. The average molecular weight is 448 g/mol. The third-order valence-corrected chi connectivity index (χ3v) is 5.81. The smallest absolute Gasteiger partial charge is 0.264 e. The highest BCUT2D eigenvalue weighted by atomic mass is 35.5. The van der Waals surface area contributed by atoms with Crippen LogP contribution in [0.1, 0.15) is 25.1 Å². The van der Waals surface area contributed by atoms with Gasteiger partial charge in [0.25, 0.3) is 5.56 Å². The lowest BCUT2D eigenvalue weighted by Crippen LogP contribution is -2.26. The monoisotopic (exact) mass is 447 g/mol. The molecule has 7 nitrogen and oxygen atoms in total. The van der Waals surface area contributed by atoms with Crippen LogP contribution in [0.15, 0.2) is 65.7 Å². The van der Waals surface area contributed by atoms with Gasteiger partial charge in [0.15, 0.2) is 11.6 Å². The van der Waals surface area contributed by atoms with Crippen LogP contribution in [0.4, 0.5) is 11.6 Å². The summed E-state index contributed by atoms with van der Waals surface area (Å²) >= 11 is 6.41. The number of aromatic nitrogens is 3. The second-order valence-electron chi connectivity index (χ2n) is 7.64. The number of ether oxygens (including phenoxy) is 1. The Hall–Kier alpha value is -3.58. The molecule has 0 fully saturated rings. The third-order valence-electron chi connectivity index (χ3n) is 5.50. The molecule has 0 aliphatic carbocycles. The summed E-state index contributed by atoms with van der Waals surface area (Å²) in [5.74, 6) is 1.84. The van der Waals surface area contributed by atoms with Crippen molar-refractivity contribution in [2.75, 3.05) is 23.8 Å². The number of hydrogen-bond acceptors (Lipinski definition) is 6. The van der Waals surface area contributed by atoms with Gasteiger partial charge in [-0.1, -0.05) is 41.9 Å². The summed E-state index contributed by atoms with van der Waals surface area (Å²) in [4.78, 5) is 22.3. The molecule has 8 heteroatoms. The summed E-state index contributed by atoms with van der Waals surface area (Å²) in [6.45, 7) is 3.36. The van der Waals surface area contributed by atoms with Crippen LogP contribution in [0.3, 0.4) is 0 Å². The Morgan fingerprint density at radius 3 is 2.84 bits per heavy atom. The number of hydrogen-bond donors (Lipinski definition) is 2. The van der Waals surface area contributed by atoms with E-state index in [1.807, 2.05) is 55.5 Å². The van der Waals surface area contributed by atoms with E-state index in [0.29, 0.717) is 34.4 Å². The Morgan fingerprint density at radius 2 is 2.00 bits per heavy atom. The molecule has 0 radical (unpaired) electrons. The van der Waals surface area contributed by atoms with Crippen molar-refractivity contribution >= 4 is 34.0 Å². The van der Waals surface area contributed by atoms with Crippen molar-refractivity contribution in [2.24, 2.45) is 0 Å². The zero-order chi connectivity index (χ0) is 22.1. The molecule has 0 spiro atoms. The molecule has 1 aliphatic heterocycles. The first-order chi connectivity index (χ1) is 15.6. The van der Waals surface area contributed by atoms with E-state index in [2.05, 4.69) is 20.6 Å². The molecule has 0 saturated carbocycles. The molecule has 0 amide bonds. The quantitative estimate of drug-likeness (QED) is 0.467. The largest absolute Gasteiger partial charge is 0.486 e. The minimum Gasteiger partial charge on any atom is -0.486 e. The van der Waals surface area contributed by atoms with Crippen molar-refractivity contribution in [1.82, 2.24) is 14.5 Å². The molecular formula is C24H22ClN5O2. The number of pyridine rings is 1. The number of fused-ring (bicyclic) bond motifs is 2. The van der Waals surface area contributed by atoms with Gasteiger partial charge in [0.05, 0.1) is 23.1 Å². The Labute approximate surface area is 190 Å². The molecule has 3 heterocycles. The molecule has 162 valence electrons. The van der Waals surface area contributed by atoms with Gasteiger partial charge in [-0.25, -0.2) is 9.97 Å². The van der Waals surface area contributed by atoms with Gasteiger partial charge in [0.1, 0.15) is 6.33 Å². The molecule has 0 saturated heterocycles. The second kappa shape index (κ2) is 8.51. The lowest BCUT2D eigenvalue weighted by molar-refractivity contribution is 0.322. The maximum Gasteiger partial charge on any atom is 0.264 e. The number of rotatable bonds is 4. The van der Waals surface area contributed by atoms with E-state index < -0.39 is 0 Å². The first kappa shape index (κ1) is 20.3. The number of para-hydroxylation sites is 1. The average Bonchev–Trinajstić information content (AvgIpc) is 3.06. The van der Waals surface area contributed by atoms with Crippen LogP contribution >= 0.6 is 11.6 Å². The Morgan fingerprint density at radius 1 is 1.16 bits per heavy atom. The van der Waals surface area contributed by atoms with Gasteiger partial charge >= 0.3 is 0 Å². The third kappa shape index (κ3) is 3.65. The predicted octanol–water partition coefficient (Wildman–Crippen LogP) is 4.80. The number of benzene rings is 2. The zero-order valence-electron chi connectivity index (χ0n) is 17.5. The molecule has 2 aromatic heterocycles. The lowest BCUT2D eigenvalue weighted by Gasteiger charge is -2.22. The Kier molecular flexibility index (Phi) is 5.41. The minimum absolute atomic E-state index is 0.164. The van der Waals surface area contributed by atoms with Crippen LogP contribution in [-0.2, 0) is 0 Å². The van der Waals surface area contributed by atoms with Crippen molar-refractivity contribution in [3.63, 3.8) is 0 Å². The van der Waals surface area contributed by atoms with Gasteiger partial charge in [-0.15, -0.1) is 0 Å². The topological polar surface area (TPSA) is 81.1 Å². The van der Waals surface area contributed by atoms with Crippen LogP contribution in [0, 0.1) is 0 Å². The van der Waals surface area contributed by atoms with E-state index in [1.165, 1.54) is 6.33 Å². The molecule has 2 N–H and O–H groups in total. The van der Waals surface area contributed by atoms with E-state index >= 15 is 0 Å². The predicted molar refractivity (Wildman–Crippen MR) is 127 cm³/mol. The van der Waals surface area contributed by atoms with E-state index in [-0.39, 0.29) is 11.6 Å². The van der Waals surface area contributed by atoms with Crippen molar-refractivity contribution in [3.8, 4) is 11.4 Å². The summed E-state index contributed by atoms with van der Waals surface area (Å²) in [6.07, 6.45) is 2.38. The maximum absolute atomic E-state index is 13.6. The summed E-state index contributed by atoms with van der Waals surface area (Å²) < 4.78 is 7.60. The second-order valence-corrected chi connectivity index (χ2v) is 8.05. The van der Waals surface area contributed by atoms with Crippen molar-refractivity contribution in [1.29, 1.82) is 0 Å². The fourth-order valence-electron chi connectivity index (χ4n) is 3.97. The van der Waals surface area contributed by atoms with Gasteiger partial charge in [-0.05, 0) is 43.0 Å². The van der Waals surface area contributed by atoms with Gasteiger partial charge in [0, 0.05) is 17.9 Å². The molecule has 5 rings (SSSR count). The molecule has 1 atom stereocenters. The number of anilines is 2. The summed E-state index contributed by atoms with van der Waals surface area (Å²) in [7, 11) is 0. The van der Waals surface area contributed by atoms with Crippen LogP contribution in [-0.4, -0.2) is 27.7 Å². The summed E-state index contributed by atoms with van der Waals surface area (Å²) in [5.41, 5.74) is 1.38. The highest BCUT2D eigenvalue weighted by molar-refractivity contribution is 6.35. The Balaban J connectivity index is 1.65. The van der Waals surface area contributed by atoms with Crippen LogP contribution in [0.2, 0.25) is 5.02 Å². The van der Waals surface area contributed by atoms with E-state index in [1.54, 1.807) is 10.6 Å². The standard InChI is InChI=1S/C24H22ClN5O2/c1-15(29-23-21-22(27-14-28-23)26-11-6-12-32-21)19-13-16-7-5-10-18(25)20(16)24(31)30(19)17-8-3-2-4-9-17/h2-5,7-10,13-15H,6,11-12H2,1H3,(H2,26,27,28,29)/t15-/m0/s1. The minimum atomic E-state index is -0.267. The van der Waals surface area contributed by atoms with E-state index in [0.717, 1.165) is 29.7 Å². The molecule has 1 aliphatic rings. The molecule has 0 bridgehead atoms. The fraction of sp³-hybridized carbons (Fsp3) is 0.208. The Bertz CT molecular complexity index is 1340. The molecule has 4 aromatic rings. The summed E-state index contributed by atoms with van der Waals surface area (Å²) in [6, 6.07) is 16.8. The first-order valence-electron chi connectivity index (χ1n) is 10.5. The number of nitrogens with one attached hydrogen (secondary N) is 2. The van der Waals surface area contributed by atoms with Crippen molar-refractivity contribution < 1.29 is 4.74 Å². The maximum atomic E-state index is 13.6. The van der Waals surface area contributed by atoms with E-state index in [9.17, 15) is 4.79 Å². The SMILES string of the molecule is C[C@H](Nc1ncnc2c1OCCCN2)c1cc2cccc(Cl)c2c(=O)n1-c1ccccc1. The zero-order valence-corrected chi connectivity index (χ0v) is 18.3. The molecular weight excluding hydrogens is 426 g/mol. The molecule has 32 heavy (non-hydrogen) atoms. The normalized spacial score (nSPS) is 14.1.